The maximum atomic E-state index is 3.38. The Morgan fingerprint density at radius 3 is 2.25 bits per heavy atom. The molecule has 96 valence electrons. The van der Waals surface area contributed by atoms with Crippen molar-refractivity contribution in [2.24, 2.45) is 29.1 Å². The minimum absolute atomic E-state index is 0.467. The third-order valence-corrected chi connectivity index (χ3v) is 4.56. The predicted molar refractivity (Wildman–Crippen MR) is 72.5 cm³/mol. The predicted octanol–water partition coefficient (Wildman–Crippen LogP) is 3.94. The second-order valence-corrected chi connectivity index (χ2v) is 7.11. The van der Waals surface area contributed by atoms with Crippen LogP contribution in [0, 0.1) is 29.1 Å². The zero-order valence-corrected chi connectivity index (χ0v) is 12.1. The van der Waals surface area contributed by atoms with Crippen molar-refractivity contribution in [2.45, 2.75) is 53.9 Å². The van der Waals surface area contributed by atoms with Gasteiger partial charge in [0.05, 0.1) is 0 Å². The summed E-state index contributed by atoms with van der Waals surface area (Å²) in [4.78, 5) is 0. The highest BCUT2D eigenvalue weighted by atomic mass is 14.8. The van der Waals surface area contributed by atoms with Crippen LogP contribution in [0.1, 0.15) is 53.9 Å². The first kappa shape index (κ1) is 14.0. The Labute approximate surface area is 102 Å². The van der Waals surface area contributed by atoms with Crippen LogP contribution >= 0.6 is 0 Å². The number of nitrogens with one attached hydrogen (secondary N) is 1. The summed E-state index contributed by atoms with van der Waals surface area (Å²) < 4.78 is 0. The Morgan fingerprint density at radius 1 is 1.19 bits per heavy atom. The van der Waals surface area contributed by atoms with Crippen molar-refractivity contribution in [1.29, 1.82) is 0 Å². The van der Waals surface area contributed by atoms with Gasteiger partial charge < -0.3 is 5.32 Å². The van der Waals surface area contributed by atoms with E-state index in [0.717, 1.165) is 23.7 Å². The average molecular weight is 225 g/mol. The largest absolute Gasteiger partial charge is 0.319 e. The molecule has 1 rings (SSSR count). The van der Waals surface area contributed by atoms with E-state index in [1.54, 1.807) is 0 Å². The Morgan fingerprint density at radius 2 is 1.81 bits per heavy atom. The van der Waals surface area contributed by atoms with Crippen LogP contribution in [0.15, 0.2) is 0 Å². The van der Waals surface area contributed by atoms with Gasteiger partial charge in [-0.25, -0.2) is 0 Å². The maximum Gasteiger partial charge on any atom is -0.00207 e. The second-order valence-electron chi connectivity index (χ2n) is 7.11. The third kappa shape index (κ3) is 3.48. The van der Waals surface area contributed by atoms with Gasteiger partial charge >= 0.3 is 0 Å². The summed E-state index contributed by atoms with van der Waals surface area (Å²) in [6, 6.07) is 0. The number of hydrogen-bond acceptors (Lipinski definition) is 1. The van der Waals surface area contributed by atoms with E-state index in [1.807, 2.05) is 0 Å². The van der Waals surface area contributed by atoms with Gasteiger partial charge in [-0.15, -0.1) is 0 Å². The van der Waals surface area contributed by atoms with Crippen LogP contribution in [0.3, 0.4) is 0 Å². The standard InChI is InChI=1S/C15H31N/c1-11(2)12-7-8-13(10-16-6)14(9-12)15(3,4)5/h11-14,16H,7-10H2,1-6H3. The SMILES string of the molecule is CNCC1CCC(C(C)C)CC1C(C)(C)C. The van der Waals surface area contributed by atoms with Gasteiger partial charge in [-0.2, -0.15) is 0 Å². The zero-order chi connectivity index (χ0) is 12.3. The highest BCUT2D eigenvalue weighted by Crippen LogP contribution is 2.45. The third-order valence-electron chi connectivity index (χ3n) is 4.56. The van der Waals surface area contributed by atoms with Crippen molar-refractivity contribution >= 4 is 0 Å². The molecule has 0 saturated heterocycles. The highest BCUT2D eigenvalue weighted by molar-refractivity contribution is 4.88. The van der Waals surface area contributed by atoms with E-state index in [9.17, 15) is 0 Å². The van der Waals surface area contributed by atoms with Crippen LogP contribution in [0.25, 0.3) is 0 Å². The van der Waals surface area contributed by atoms with Crippen LogP contribution in [0.5, 0.6) is 0 Å². The van der Waals surface area contributed by atoms with Crippen LogP contribution in [0.4, 0.5) is 0 Å². The van der Waals surface area contributed by atoms with E-state index in [2.05, 4.69) is 47.0 Å². The molecule has 0 aromatic carbocycles. The Kier molecular flexibility index (Phi) is 4.85. The highest BCUT2D eigenvalue weighted by Gasteiger charge is 2.37. The lowest BCUT2D eigenvalue weighted by Crippen LogP contribution is -2.39. The van der Waals surface area contributed by atoms with Crippen LogP contribution in [0.2, 0.25) is 0 Å². The van der Waals surface area contributed by atoms with Crippen LogP contribution in [-0.4, -0.2) is 13.6 Å². The zero-order valence-electron chi connectivity index (χ0n) is 12.1. The topological polar surface area (TPSA) is 12.0 Å². The van der Waals surface area contributed by atoms with Crippen LogP contribution in [-0.2, 0) is 0 Å². The molecule has 0 heterocycles. The summed E-state index contributed by atoms with van der Waals surface area (Å²) in [7, 11) is 2.09. The molecule has 1 aliphatic carbocycles. The molecule has 1 fully saturated rings. The van der Waals surface area contributed by atoms with Gasteiger partial charge in [0.1, 0.15) is 0 Å². The van der Waals surface area contributed by atoms with E-state index in [1.165, 1.54) is 25.8 Å². The van der Waals surface area contributed by atoms with Crippen LogP contribution < -0.4 is 5.32 Å². The lowest BCUT2D eigenvalue weighted by Gasteiger charge is -2.44. The molecule has 3 unspecified atom stereocenters. The van der Waals surface area contributed by atoms with Crippen molar-refractivity contribution in [3.63, 3.8) is 0 Å². The molecule has 0 aromatic heterocycles. The van der Waals surface area contributed by atoms with Crippen molar-refractivity contribution < 1.29 is 0 Å². The van der Waals surface area contributed by atoms with Gasteiger partial charge in [-0.1, -0.05) is 34.6 Å². The van der Waals surface area contributed by atoms with Gasteiger partial charge in [0, 0.05) is 0 Å². The maximum absolute atomic E-state index is 3.38. The molecule has 0 aliphatic heterocycles. The molecule has 1 saturated carbocycles. The lowest BCUT2D eigenvalue weighted by atomic mass is 9.62. The summed E-state index contributed by atoms with van der Waals surface area (Å²) >= 11 is 0. The van der Waals surface area contributed by atoms with Crippen molar-refractivity contribution in [3.05, 3.63) is 0 Å². The molecule has 1 nitrogen and oxygen atoms in total. The molecule has 0 amide bonds. The summed E-state index contributed by atoms with van der Waals surface area (Å²) in [6.07, 6.45) is 4.30. The molecular formula is C15H31N. The molecular weight excluding hydrogens is 194 g/mol. The van der Waals surface area contributed by atoms with Crippen molar-refractivity contribution in [3.8, 4) is 0 Å². The fourth-order valence-electron chi connectivity index (χ4n) is 3.44. The van der Waals surface area contributed by atoms with Gasteiger partial charge in [-0.3, -0.25) is 0 Å². The lowest BCUT2D eigenvalue weighted by molar-refractivity contribution is 0.0614. The fourth-order valence-corrected chi connectivity index (χ4v) is 3.44. The van der Waals surface area contributed by atoms with Gasteiger partial charge in [0.2, 0.25) is 0 Å². The minimum atomic E-state index is 0.467. The molecule has 0 aromatic rings. The summed E-state index contributed by atoms with van der Waals surface area (Å²) in [5.41, 5.74) is 0.467. The first-order valence-corrected chi connectivity index (χ1v) is 7.00. The smallest absolute Gasteiger partial charge is 0.00207 e. The fraction of sp³-hybridized carbons (Fsp3) is 1.00. The Hall–Kier alpha value is -0.0400. The molecule has 1 N–H and O–H groups in total. The van der Waals surface area contributed by atoms with Crippen molar-refractivity contribution in [2.75, 3.05) is 13.6 Å². The normalized spacial score (nSPS) is 32.1. The quantitative estimate of drug-likeness (QED) is 0.767. The Bertz CT molecular complexity index is 202. The Balaban J connectivity index is 2.69. The summed E-state index contributed by atoms with van der Waals surface area (Å²) in [5.74, 6) is 3.60. The first-order chi connectivity index (χ1) is 7.36. The molecule has 1 aliphatic rings. The van der Waals surface area contributed by atoms with E-state index >= 15 is 0 Å². The molecule has 0 radical (unpaired) electrons. The van der Waals surface area contributed by atoms with Gasteiger partial charge in [0.25, 0.3) is 0 Å². The summed E-state index contributed by atoms with van der Waals surface area (Å²) in [6.45, 7) is 13.2. The van der Waals surface area contributed by atoms with E-state index < -0.39 is 0 Å². The molecule has 0 bridgehead atoms. The molecule has 1 heteroatoms. The van der Waals surface area contributed by atoms with E-state index in [-0.39, 0.29) is 0 Å². The monoisotopic (exact) mass is 225 g/mol. The molecule has 16 heavy (non-hydrogen) atoms. The summed E-state index contributed by atoms with van der Waals surface area (Å²) in [5, 5.41) is 3.38. The average Bonchev–Trinajstić information content (AvgIpc) is 2.16. The molecule has 0 spiro atoms. The van der Waals surface area contributed by atoms with Gasteiger partial charge in [0.15, 0.2) is 0 Å². The second kappa shape index (κ2) is 5.53. The van der Waals surface area contributed by atoms with Crippen molar-refractivity contribution in [1.82, 2.24) is 5.32 Å². The van der Waals surface area contributed by atoms with Gasteiger partial charge in [-0.05, 0) is 61.9 Å². The molecule has 3 atom stereocenters. The number of hydrogen-bond donors (Lipinski definition) is 1. The minimum Gasteiger partial charge on any atom is -0.319 e. The van der Waals surface area contributed by atoms with E-state index in [4.69, 9.17) is 0 Å². The number of rotatable bonds is 3. The van der Waals surface area contributed by atoms with E-state index in [0.29, 0.717) is 5.41 Å². The first-order valence-electron chi connectivity index (χ1n) is 7.00.